The van der Waals surface area contributed by atoms with Crippen LogP contribution in [0, 0.1) is 0 Å². The van der Waals surface area contributed by atoms with Gasteiger partial charge in [-0.05, 0) is 49.4 Å². The Bertz CT molecular complexity index is 714. The van der Waals surface area contributed by atoms with Crippen LogP contribution in [-0.2, 0) is 4.74 Å². The maximum absolute atomic E-state index is 12.2. The van der Waals surface area contributed by atoms with Gasteiger partial charge in [0.1, 0.15) is 0 Å². The molecule has 0 aliphatic rings. The molecule has 22 heavy (non-hydrogen) atoms. The lowest BCUT2D eigenvalue weighted by Gasteiger charge is -2.13. The largest absolute Gasteiger partial charge is 0.451 e. The zero-order valence-corrected chi connectivity index (χ0v) is 13.2. The van der Waals surface area contributed by atoms with Crippen molar-refractivity contribution in [3.05, 3.63) is 63.6 Å². The van der Waals surface area contributed by atoms with E-state index < -0.39 is 12.1 Å². The van der Waals surface area contributed by atoms with Gasteiger partial charge in [0.15, 0.2) is 6.10 Å². The van der Waals surface area contributed by atoms with Crippen molar-refractivity contribution < 1.29 is 14.3 Å². The Morgan fingerprint density at radius 2 is 1.64 bits per heavy atom. The summed E-state index contributed by atoms with van der Waals surface area (Å²) in [4.78, 5) is 24.2. The van der Waals surface area contributed by atoms with Gasteiger partial charge in [-0.25, -0.2) is 4.79 Å². The van der Waals surface area contributed by atoms with Crippen LogP contribution in [0.1, 0.15) is 27.6 Å². The van der Waals surface area contributed by atoms with Gasteiger partial charge in [0.05, 0.1) is 16.3 Å². The summed E-state index contributed by atoms with van der Waals surface area (Å²) in [5.74, 6) is -0.954. The Labute approximate surface area is 137 Å². The predicted molar refractivity (Wildman–Crippen MR) is 86.5 cm³/mol. The molecule has 0 radical (unpaired) electrons. The number of benzene rings is 2. The molecule has 0 amide bonds. The van der Waals surface area contributed by atoms with E-state index in [0.717, 1.165) is 0 Å². The van der Waals surface area contributed by atoms with E-state index in [-0.39, 0.29) is 17.0 Å². The first-order valence-electron chi connectivity index (χ1n) is 6.44. The number of nitrogen functional groups attached to an aromatic ring is 1. The standard InChI is InChI=1S/C16H13Cl2NO3/c1-9(15(20)10-2-5-12(17)6-3-10)22-16(21)11-4-7-13(18)14(19)8-11/h2-9H,19H2,1H3. The number of anilines is 1. The lowest BCUT2D eigenvalue weighted by atomic mass is 10.1. The topological polar surface area (TPSA) is 69.4 Å². The third kappa shape index (κ3) is 3.78. The summed E-state index contributed by atoms with van der Waals surface area (Å²) in [6.45, 7) is 1.51. The second kappa shape index (κ2) is 6.81. The van der Waals surface area contributed by atoms with Crippen LogP contribution in [-0.4, -0.2) is 17.9 Å². The number of carbonyl (C=O) groups is 2. The summed E-state index contributed by atoms with van der Waals surface area (Å²) in [5.41, 5.74) is 6.56. The molecule has 0 spiro atoms. The lowest BCUT2D eigenvalue weighted by Crippen LogP contribution is -2.24. The van der Waals surface area contributed by atoms with Crippen molar-refractivity contribution in [3.8, 4) is 0 Å². The second-order valence-electron chi connectivity index (χ2n) is 4.65. The molecule has 2 aromatic rings. The van der Waals surface area contributed by atoms with Gasteiger partial charge in [-0.3, -0.25) is 4.79 Å². The van der Waals surface area contributed by atoms with Crippen LogP contribution in [0.3, 0.4) is 0 Å². The molecule has 0 aliphatic carbocycles. The van der Waals surface area contributed by atoms with E-state index in [9.17, 15) is 9.59 Å². The average molecular weight is 338 g/mol. The molecule has 0 saturated carbocycles. The highest BCUT2D eigenvalue weighted by molar-refractivity contribution is 6.33. The normalized spacial score (nSPS) is 11.8. The minimum absolute atomic E-state index is 0.234. The van der Waals surface area contributed by atoms with Crippen molar-refractivity contribution in [1.29, 1.82) is 0 Å². The molecule has 1 unspecified atom stereocenters. The number of hydrogen-bond acceptors (Lipinski definition) is 4. The summed E-state index contributed by atoms with van der Waals surface area (Å²) < 4.78 is 5.16. The van der Waals surface area contributed by atoms with Gasteiger partial charge in [0.2, 0.25) is 5.78 Å². The van der Waals surface area contributed by atoms with Crippen LogP contribution in [0.2, 0.25) is 10.0 Å². The van der Waals surface area contributed by atoms with E-state index in [4.69, 9.17) is 33.7 Å². The molecule has 2 rings (SSSR count). The summed E-state index contributed by atoms with van der Waals surface area (Å²) in [5, 5.41) is 0.875. The summed E-state index contributed by atoms with van der Waals surface area (Å²) >= 11 is 11.6. The SMILES string of the molecule is CC(OC(=O)c1ccc(Cl)c(N)c1)C(=O)c1ccc(Cl)cc1. The smallest absolute Gasteiger partial charge is 0.338 e. The number of carbonyl (C=O) groups excluding carboxylic acids is 2. The quantitative estimate of drug-likeness (QED) is 0.520. The Kier molecular flexibility index (Phi) is 5.06. The highest BCUT2D eigenvalue weighted by Crippen LogP contribution is 2.20. The molecule has 0 aliphatic heterocycles. The zero-order valence-electron chi connectivity index (χ0n) is 11.7. The first-order valence-corrected chi connectivity index (χ1v) is 7.20. The average Bonchev–Trinajstić information content (AvgIpc) is 2.50. The Balaban J connectivity index is 2.08. The Morgan fingerprint density at radius 1 is 1.05 bits per heavy atom. The number of hydrogen-bond donors (Lipinski definition) is 1. The van der Waals surface area contributed by atoms with Gasteiger partial charge in [-0.1, -0.05) is 23.2 Å². The van der Waals surface area contributed by atoms with Crippen LogP contribution in [0.15, 0.2) is 42.5 Å². The van der Waals surface area contributed by atoms with Crippen LogP contribution in [0.25, 0.3) is 0 Å². The molecular weight excluding hydrogens is 325 g/mol. The van der Waals surface area contributed by atoms with Gasteiger partial charge in [-0.2, -0.15) is 0 Å². The van der Waals surface area contributed by atoms with Crippen LogP contribution < -0.4 is 5.73 Å². The summed E-state index contributed by atoms with van der Waals surface area (Å²) in [7, 11) is 0. The number of ketones is 1. The molecule has 2 aromatic carbocycles. The highest BCUT2D eigenvalue weighted by atomic mass is 35.5. The van der Waals surface area contributed by atoms with Crippen LogP contribution in [0.5, 0.6) is 0 Å². The molecule has 6 heteroatoms. The van der Waals surface area contributed by atoms with Crippen LogP contribution in [0.4, 0.5) is 5.69 Å². The number of esters is 1. The third-order valence-electron chi connectivity index (χ3n) is 3.01. The van der Waals surface area contributed by atoms with Gasteiger partial charge in [-0.15, -0.1) is 0 Å². The number of Topliss-reactive ketones (excluding diaryl/α,β-unsaturated/α-hetero) is 1. The first kappa shape index (κ1) is 16.3. The summed E-state index contributed by atoms with van der Waals surface area (Å²) in [6, 6.07) is 10.8. The first-order chi connectivity index (χ1) is 10.4. The van der Waals surface area contributed by atoms with Crippen molar-refractivity contribution in [2.45, 2.75) is 13.0 Å². The Hall–Kier alpha value is -2.04. The van der Waals surface area contributed by atoms with Gasteiger partial charge >= 0.3 is 5.97 Å². The molecule has 4 nitrogen and oxygen atoms in total. The minimum Gasteiger partial charge on any atom is -0.451 e. The molecular formula is C16H13Cl2NO3. The molecule has 0 saturated heterocycles. The zero-order chi connectivity index (χ0) is 16.3. The fourth-order valence-corrected chi connectivity index (χ4v) is 2.05. The number of rotatable bonds is 4. The molecule has 1 atom stereocenters. The number of ether oxygens (including phenoxy) is 1. The molecule has 0 bridgehead atoms. The van der Waals surface area contributed by atoms with Crippen molar-refractivity contribution in [2.24, 2.45) is 0 Å². The molecule has 0 fully saturated rings. The van der Waals surface area contributed by atoms with E-state index in [0.29, 0.717) is 15.6 Å². The summed E-state index contributed by atoms with van der Waals surface area (Å²) in [6.07, 6.45) is -0.925. The van der Waals surface area contributed by atoms with Gasteiger partial charge in [0, 0.05) is 10.6 Å². The minimum atomic E-state index is -0.925. The monoisotopic (exact) mass is 337 g/mol. The van der Waals surface area contributed by atoms with Gasteiger partial charge in [0.25, 0.3) is 0 Å². The van der Waals surface area contributed by atoms with E-state index in [1.165, 1.54) is 25.1 Å². The number of halogens is 2. The van der Waals surface area contributed by atoms with Crippen molar-refractivity contribution in [3.63, 3.8) is 0 Å². The van der Waals surface area contributed by atoms with Crippen molar-refractivity contribution >= 4 is 40.6 Å². The van der Waals surface area contributed by atoms with E-state index in [2.05, 4.69) is 0 Å². The molecule has 2 N–H and O–H groups in total. The van der Waals surface area contributed by atoms with Crippen molar-refractivity contribution in [1.82, 2.24) is 0 Å². The predicted octanol–water partition coefficient (Wildman–Crippen LogP) is 4.00. The molecule has 0 heterocycles. The fraction of sp³-hybridized carbons (Fsp3) is 0.125. The van der Waals surface area contributed by atoms with Crippen molar-refractivity contribution in [2.75, 3.05) is 5.73 Å². The van der Waals surface area contributed by atoms with E-state index in [1.54, 1.807) is 24.3 Å². The van der Waals surface area contributed by atoms with E-state index in [1.807, 2.05) is 0 Å². The maximum Gasteiger partial charge on any atom is 0.338 e. The van der Waals surface area contributed by atoms with Crippen LogP contribution >= 0.6 is 23.2 Å². The molecule has 114 valence electrons. The Morgan fingerprint density at radius 3 is 2.23 bits per heavy atom. The maximum atomic E-state index is 12.2. The highest BCUT2D eigenvalue weighted by Gasteiger charge is 2.20. The fourth-order valence-electron chi connectivity index (χ4n) is 1.80. The molecule has 0 aromatic heterocycles. The van der Waals surface area contributed by atoms with E-state index >= 15 is 0 Å². The number of nitrogens with two attached hydrogens (primary N) is 1. The second-order valence-corrected chi connectivity index (χ2v) is 5.50. The third-order valence-corrected chi connectivity index (χ3v) is 3.61. The van der Waals surface area contributed by atoms with Gasteiger partial charge < -0.3 is 10.5 Å². The lowest BCUT2D eigenvalue weighted by molar-refractivity contribution is 0.0319.